The number of hydrogen-bond acceptors (Lipinski definition) is 4. The minimum Gasteiger partial charge on any atom is -0.379 e. The van der Waals surface area contributed by atoms with Gasteiger partial charge in [-0.1, -0.05) is 25.3 Å². The maximum Gasteiger partial charge on any atom is 0.191 e. The summed E-state index contributed by atoms with van der Waals surface area (Å²) in [5.74, 6) is 0.917. The number of hydrogen-bond donors (Lipinski definition) is 2. The first-order valence-electron chi connectivity index (χ1n) is 12.0. The zero-order valence-electron chi connectivity index (χ0n) is 19.2. The van der Waals surface area contributed by atoms with Crippen LogP contribution in [0.4, 0.5) is 0 Å². The second-order valence-electron chi connectivity index (χ2n) is 8.91. The monoisotopic (exact) mass is 426 g/mol. The molecule has 4 rings (SSSR count). The largest absolute Gasteiger partial charge is 0.379 e. The summed E-state index contributed by atoms with van der Waals surface area (Å²) in [6.45, 7) is 10.5. The number of fused-ring (bicyclic) bond motifs is 1. The van der Waals surface area contributed by atoms with Crippen LogP contribution in [0.1, 0.15) is 50.3 Å². The highest BCUT2D eigenvalue weighted by molar-refractivity contribution is 5.79. The number of nitrogens with zero attached hydrogens (tertiary/aromatic N) is 4. The van der Waals surface area contributed by atoms with E-state index in [4.69, 9.17) is 14.7 Å². The molecule has 2 N–H and O–H groups in total. The summed E-state index contributed by atoms with van der Waals surface area (Å²) >= 11 is 0. The zero-order chi connectivity index (χ0) is 21.5. The number of ether oxygens (including phenoxy) is 1. The van der Waals surface area contributed by atoms with Crippen LogP contribution in [0.2, 0.25) is 0 Å². The number of nitrogens with one attached hydrogen (secondary N) is 2. The summed E-state index contributed by atoms with van der Waals surface area (Å²) < 4.78 is 7.72. The Bertz CT molecular complexity index is 864. The third-order valence-corrected chi connectivity index (χ3v) is 6.74. The first-order chi connectivity index (χ1) is 15.2. The predicted octanol–water partition coefficient (Wildman–Crippen LogP) is 2.78. The van der Waals surface area contributed by atoms with Gasteiger partial charge < -0.3 is 19.8 Å². The molecule has 0 amide bonds. The molecule has 0 unspecified atom stereocenters. The molecule has 31 heavy (non-hydrogen) atoms. The molecule has 2 aromatic rings. The molecule has 170 valence electrons. The third kappa shape index (κ3) is 5.39. The minimum absolute atomic E-state index is 0.198. The Morgan fingerprint density at radius 3 is 2.74 bits per heavy atom. The standard InChI is InChI=1S/C24H38N6O/c1-3-25-23(26-12-9-21-18-29-13-7-8-20(2)22(29)28-21)27-19-24(10-5-4-6-11-24)30-14-16-31-17-15-30/h7-8,13,18H,3-6,9-12,14-17,19H2,1-2H3,(H2,25,26,27). The van der Waals surface area contributed by atoms with Gasteiger partial charge in [-0.2, -0.15) is 0 Å². The van der Waals surface area contributed by atoms with Gasteiger partial charge in [0.2, 0.25) is 0 Å². The van der Waals surface area contributed by atoms with Crippen molar-refractivity contribution in [2.24, 2.45) is 4.99 Å². The van der Waals surface area contributed by atoms with E-state index in [1.807, 2.05) is 0 Å². The van der Waals surface area contributed by atoms with E-state index in [1.54, 1.807) is 0 Å². The lowest BCUT2D eigenvalue weighted by atomic mass is 9.80. The fourth-order valence-electron chi connectivity index (χ4n) is 5.02. The maximum atomic E-state index is 5.61. The number of imidazole rings is 1. The van der Waals surface area contributed by atoms with E-state index in [9.17, 15) is 0 Å². The minimum atomic E-state index is 0.198. The normalized spacial score (nSPS) is 20.1. The molecular weight excluding hydrogens is 388 g/mol. The molecule has 7 heteroatoms. The third-order valence-electron chi connectivity index (χ3n) is 6.74. The molecule has 2 fully saturated rings. The van der Waals surface area contributed by atoms with Gasteiger partial charge in [-0.3, -0.25) is 9.89 Å². The summed E-state index contributed by atoms with van der Waals surface area (Å²) in [4.78, 5) is 12.5. The lowest BCUT2D eigenvalue weighted by Gasteiger charge is -2.47. The Labute approximate surface area is 186 Å². The molecule has 0 aromatic carbocycles. The molecule has 1 aliphatic heterocycles. The average Bonchev–Trinajstić information content (AvgIpc) is 3.23. The molecular formula is C24H38N6O. The number of rotatable bonds is 7. The number of aliphatic imine (C=N–C) groups is 1. The van der Waals surface area contributed by atoms with Crippen molar-refractivity contribution in [1.29, 1.82) is 0 Å². The number of aromatic nitrogens is 2. The Balaban J connectivity index is 1.38. The number of pyridine rings is 1. The Hall–Kier alpha value is -2.12. The molecule has 0 atom stereocenters. The van der Waals surface area contributed by atoms with Crippen LogP contribution in [0.25, 0.3) is 5.65 Å². The van der Waals surface area contributed by atoms with E-state index in [0.29, 0.717) is 0 Å². The first-order valence-corrected chi connectivity index (χ1v) is 12.0. The summed E-state index contributed by atoms with van der Waals surface area (Å²) in [6, 6.07) is 4.17. The van der Waals surface area contributed by atoms with Gasteiger partial charge in [0.15, 0.2) is 5.96 Å². The quantitative estimate of drug-likeness (QED) is 0.526. The smallest absolute Gasteiger partial charge is 0.191 e. The van der Waals surface area contributed by atoms with Gasteiger partial charge in [0.25, 0.3) is 0 Å². The second kappa shape index (κ2) is 10.5. The van der Waals surface area contributed by atoms with Crippen LogP contribution in [-0.2, 0) is 11.2 Å². The highest BCUT2D eigenvalue weighted by Crippen LogP contribution is 2.34. The molecule has 0 spiro atoms. The van der Waals surface area contributed by atoms with Crippen molar-refractivity contribution >= 4 is 11.6 Å². The lowest BCUT2D eigenvalue weighted by molar-refractivity contribution is -0.0333. The highest BCUT2D eigenvalue weighted by atomic mass is 16.5. The van der Waals surface area contributed by atoms with Crippen molar-refractivity contribution in [2.75, 3.05) is 45.9 Å². The highest BCUT2D eigenvalue weighted by Gasteiger charge is 2.38. The van der Waals surface area contributed by atoms with Crippen LogP contribution in [0.3, 0.4) is 0 Å². The molecule has 2 aliphatic rings. The van der Waals surface area contributed by atoms with Crippen molar-refractivity contribution in [3.63, 3.8) is 0 Å². The van der Waals surface area contributed by atoms with Gasteiger partial charge in [-0.25, -0.2) is 4.98 Å². The van der Waals surface area contributed by atoms with Gasteiger partial charge in [0, 0.05) is 50.5 Å². The van der Waals surface area contributed by atoms with E-state index >= 15 is 0 Å². The predicted molar refractivity (Wildman–Crippen MR) is 126 cm³/mol. The second-order valence-corrected chi connectivity index (χ2v) is 8.91. The Kier molecular flexibility index (Phi) is 7.45. The fourth-order valence-corrected chi connectivity index (χ4v) is 5.02. The average molecular weight is 427 g/mol. The molecule has 1 saturated carbocycles. The topological polar surface area (TPSA) is 66.2 Å². The van der Waals surface area contributed by atoms with Crippen LogP contribution in [-0.4, -0.2) is 71.7 Å². The Morgan fingerprint density at radius 1 is 1.19 bits per heavy atom. The van der Waals surface area contributed by atoms with E-state index < -0.39 is 0 Å². The number of aryl methyl sites for hydroxylation is 1. The molecule has 7 nitrogen and oxygen atoms in total. The van der Waals surface area contributed by atoms with Crippen molar-refractivity contribution in [2.45, 2.75) is 57.9 Å². The fraction of sp³-hybridized carbons (Fsp3) is 0.667. The van der Waals surface area contributed by atoms with E-state index in [-0.39, 0.29) is 5.54 Å². The SMILES string of the molecule is CCNC(=NCC1(N2CCOCC2)CCCCC1)NCCc1cn2cccc(C)c2n1. The summed E-state index contributed by atoms with van der Waals surface area (Å²) in [7, 11) is 0. The van der Waals surface area contributed by atoms with Crippen molar-refractivity contribution in [3.05, 3.63) is 35.8 Å². The van der Waals surface area contributed by atoms with Crippen molar-refractivity contribution < 1.29 is 4.74 Å². The zero-order valence-corrected chi connectivity index (χ0v) is 19.2. The molecule has 0 bridgehead atoms. The lowest BCUT2D eigenvalue weighted by Crippen LogP contribution is -2.56. The van der Waals surface area contributed by atoms with Gasteiger partial charge >= 0.3 is 0 Å². The molecule has 3 heterocycles. The summed E-state index contributed by atoms with van der Waals surface area (Å²) in [5, 5.41) is 6.97. The molecule has 2 aromatic heterocycles. The first kappa shape index (κ1) is 22.1. The maximum absolute atomic E-state index is 5.61. The van der Waals surface area contributed by atoms with Crippen molar-refractivity contribution in [3.8, 4) is 0 Å². The van der Waals surface area contributed by atoms with Crippen LogP contribution in [0, 0.1) is 6.92 Å². The van der Waals surface area contributed by atoms with Gasteiger partial charge in [-0.15, -0.1) is 0 Å². The van der Waals surface area contributed by atoms with E-state index in [2.05, 4.69) is 58.3 Å². The van der Waals surface area contributed by atoms with Crippen LogP contribution >= 0.6 is 0 Å². The van der Waals surface area contributed by atoms with Crippen LogP contribution in [0.5, 0.6) is 0 Å². The summed E-state index contributed by atoms with van der Waals surface area (Å²) in [6.07, 6.45) is 11.5. The summed E-state index contributed by atoms with van der Waals surface area (Å²) in [5.41, 5.74) is 3.55. The molecule has 1 saturated heterocycles. The Morgan fingerprint density at radius 2 is 2.00 bits per heavy atom. The molecule has 1 aliphatic carbocycles. The number of morpholine rings is 1. The van der Waals surface area contributed by atoms with E-state index in [1.165, 1.54) is 37.7 Å². The number of guanidine groups is 1. The van der Waals surface area contributed by atoms with E-state index in [0.717, 1.165) is 69.7 Å². The van der Waals surface area contributed by atoms with Gasteiger partial charge in [0.05, 0.1) is 25.5 Å². The van der Waals surface area contributed by atoms with Gasteiger partial charge in [0.1, 0.15) is 5.65 Å². The van der Waals surface area contributed by atoms with Crippen molar-refractivity contribution in [1.82, 2.24) is 24.9 Å². The van der Waals surface area contributed by atoms with Crippen LogP contribution < -0.4 is 10.6 Å². The van der Waals surface area contributed by atoms with Crippen LogP contribution in [0.15, 0.2) is 29.5 Å². The van der Waals surface area contributed by atoms with Gasteiger partial charge in [-0.05, 0) is 38.3 Å². The molecule has 0 radical (unpaired) electrons.